The first kappa shape index (κ1) is 17.5. The van der Waals surface area contributed by atoms with Gasteiger partial charge in [0.2, 0.25) is 5.91 Å². The maximum atomic E-state index is 12.5. The van der Waals surface area contributed by atoms with Gasteiger partial charge in [0, 0.05) is 23.7 Å². The molecule has 1 aliphatic carbocycles. The van der Waals surface area contributed by atoms with Crippen LogP contribution in [-0.2, 0) is 16.1 Å². The van der Waals surface area contributed by atoms with Crippen LogP contribution in [0.25, 0.3) is 0 Å². The highest BCUT2D eigenvalue weighted by Crippen LogP contribution is 2.50. The summed E-state index contributed by atoms with van der Waals surface area (Å²) in [6, 6.07) is 12.2. The van der Waals surface area contributed by atoms with Crippen LogP contribution in [0.2, 0.25) is 5.02 Å². The van der Waals surface area contributed by atoms with Crippen molar-refractivity contribution in [3.8, 4) is 0 Å². The smallest absolute Gasteiger partial charge is 0.335 e. The Morgan fingerprint density at radius 2 is 2.04 bits per heavy atom. The van der Waals surface area contributed by atoms with Crippen molar-refractivity contribution in [2.75, 3.05) is 12.4 Å². The molecule has 5 nitrogen and oxygen atoms in total. The van der Waals surface area contributed by atoms with Crippen LogP contribution in [0.15, 0.2) is 42.5 Å². The first-order valence-corrected chi connectivity index (χ1v) is 8.29. The van der Waals surface area contributed by atoms with Crippen LogP contribution in [0, 0.1) is 5.92 Å². The highest BCUT2D eigenvalue weighted by molar-refractivity contribution is 6.31. The Morgan fingerprint density at radius 3 is 2.72 bits per heavy atom. The topological polar surface area (TPSA) is 75.6 Å². The summed E-state index contributed by atoms with van der Waals surface area (Å²) in [6.45, 7) is 0.273. The molecule has 6 heteroatoms. The van der Waals surface area contributed by atoms with Crippen molar-refractivity contribution in [2.24, 2.45) is 5.92 Å². The molecule has 130 valence electrons. The normalized spacial score (nSPS) is 18.6. The highest BCUT2D eigenvalue weighted by Gasteiger charge is 2.44. The van der Waals surface area contributed by atoms with Crippen LogP contribution in [0.4, 0.5) is 5.69 Å². The van der Waals surface area contributed by atoms with Crippen LogP contribution in [0.1, 0.15) is 33.8 Å². The zero-order valence-corrected chi connectivity index (χ0v) is 14.4. The number of hydrogen-bond donors (Lipinski definition) is 2. The molecular weight excluding hydrogens is 342 g/mol. The number of rotatable bonds is 6. The minimum Gasteiger partial charge on any atom is -0.478 e. The molecule has 0 spiro atoms. The van der Waals surface area contributed by atoms with E-state index in [4.69, 9.17) is 16.3 Å². The average molecular weight is 360 g/mol. The molecular formula is C19H18ClNO4. The highest BCUT2D eigenvalue weighted by atomic mass is 35.5. The second-order valence-electron chi connectivity index (χ2n) is 6.12. The molecule has 2 aromatic rings. The van der Waals surface area contributed by atoms with Crippen LogP contribution in [0.3, 0.4) is 0 Å². The molecule has 0 radical (unpaired) electrons. The van der Waals surface area contributed by atoms with Gasteiger partial charge in [-0.1, -0.05) is 29.8 Å². The van der Waals surface area contributed by atoms with Gasteiger partial charge in [-0.25, -0.2) is 4.79 Å². The fraction of sp³-hybridized carbons (Fsp3) is 0.263. The zero-order chi connectivity index (χ0) is 18.0. The summed E-state index contributed by atoms with van der Waals surface area (Å²) in [7, 11) is 1.53. The van der Waals surface area contributed by atoms with Crippen molar-refractivity contribution in [1.82, 2.24) is 0 Å². The van der Waals surface area contributed by atoms with E-state index in [0.29, 0.717) is 16.3 Å². The van der Waals surface area contributed by atoms with Crippen molar-refractivity contribution in [1.29, 1.82) is 0 Å². The van der Waals surface area contributed by atoms with Crippen molar-refractivity contribution in [2.45, 2.75) is 18.9 Å². The van der Waals surface area contributed by atoms with Gasteiger partial charge < -0.3 is 15.2 Å². The van der Waals surface area contributed by atoms with Gasteiger partial charge in [0.1, 0.15) is 0 Å². The Kier molecular flexibility index (Phi) is 5.06. The maximum Gasteiger partial charge on any atom is 0.335 e. The van der Waals surface area contributed by atoms with E-state index in [2.05, 4.69) is 5.32 Å². The summed E-state index contributed by atoms with van der Waals surface area (Å²) in [5.74, 6) is -1.22. The molecule has 0 heterocycles. The number of benzene rings is 2. The van der Waals surface area contributed by atoms with Crippen molar-refractivity contribution >= 4 is 29.2 Å². The Morgan fingerprint density at radius 1 is 1.28 bits per heavy atom. The van der Waals surface area contributed by atoms with E-state index < -0.39 is 5.97 Å². The fourth-order valence-corrected chi connectivity index (χ4v) is 3.25. The number of hydrogen-bond acceptors (Lipinski definition) is 3. The van der Waals surface area contributed by atoms with E-state index in [1.54, 1.807) is 6.07 Å². The largest absolute Gasteiger partial charge is 0.478 e. The molecule has 0 aromatic heterocycles. The molecule has 0 bridgehead atoms. The van der Waals surface area contributed by atoms with Crippen LogP contribution < -0.4 is 5.32 Å². The van der Waals surface area contributed by atoms with E-state index in [9.17, 15) is 14.7 Å². The lowest BCUT2D eigenvalue weighted by Gasteiger charge is -2.09. The van der Waals surface area contributed by atoms with Gasteiger partial charge in [-0.05, 0) is 47.7 Å². The minimum atomic E-state index is -1.05. The number of ether oxygens (including phenoxy) is 1. The molecule has 2 unspecified atom stereocenters. The lowest BCUT2D eigenvalue weighted by Crippen LogP contribution is -2.15. The van der Waals surface area contributed by atoms with Crippen LogP contribution in [0.5, 0.6) is 0 Å². The third kappa shape index (κ3) is 4.00. The molecule has 3 rings (SSSR count). The molecule has 1 saturated carbocycles. The number of carbonyl (C=O) groups is 2. The third-order valence-corrected chi connectivity index (χ3v) is 4.59. The summed E-state index contributed by atoms with van der Waals surface area (Å²) in [4.78, 5) is 23.7. The molecule has 2 atom stereocenters. The molecule has 0 saturated heterocycles. The molecule has 2 N–H and O–H groups in total. The number of methoxy groups -OCH3 is 1. The van der Waals surface area contributed by atoms with Crippen LogP contribution >= 0.6 is 11.6 Å². The summed E-state index contributed by atoms with van der Waals surface area (Å²) in [5.41, 5.74) is 2.24. The summed E-state index contributed by atoms with van der Waals surface area (Å²) >= 11 is 6.19. The predicted molar refractivity (Wildman–Crippen MR) is 95.0 cm³/mol. The second-order valence-corrected chi connectivity index (χ2v) is 6.52. The standard InChI is InChI=1S/C19H18ClNO4/c1-25-10-11-6-12(19(23)24)8-13(7-11)21-18(22)16-9-15(16)14-4-2-3-5-17(14)20/h2-8,15-16H,9-10H2,1H3,(H,21,22)(H,23,24). The number of amides is 1. The quantitative estimate of drug-likeness (QED) is 0.819. The Labute approximate surface area is 150 Å². The third-order valence-electron chi connectivity index (χ3n) is 4.25. The Hall–Kier alpha value is -2.37. The van der Waals surface area contributed by atoms with Crippen LogP contribution in [-0.4, -0.2) is 24.1 Å². The van der Waals surface area contributed by atoms with E-state index in [-0.39, 0.29) is 29.9 Å². The van der Waals surface area contributed by atoms with Gasteiger partial charge in [0.25, 0.3) is 0 Å². The van der Waals surface area contributed by atoms with E-state index in [0.717, 1.165) is 12.0 Å². The number of anilines is 1. The lowest BCUT2D eigenvalue weighted by molar-refractivity contribution is -0.117. The molecule has 25 heavy (non-hydrogen) atoms. The number of aromatic carboxylic acids is 1. The molecule has 1 aliphatic rings. The first-order chi connectivity index (χ1) is 12.0. The van der Waals surface area contributed by atoms with Gasteiger partial charge in [-0.3, -0.25) is 4.79 Å². The monoisotopic (exact) mass is 359 g/mol. The SMILES string of the molecule is COCc1cc(NC(=O)C2CC2c2ccccc2Cl)cc(C(=O)O)c1. The van der Waals surface area contributed by atoms with Gasteiger partial charge >= 0.3 is 5.97 Å². The zero-order valence-electron chi connectivity index (χ0n) is 13.7. The summed E-state index contributed by atoms with van der Waals surface area (Å²) in [6.07, 6.45) is 0.735. The van der Waals surface area contributed by atoms with E-state index >= 15 is 0 Å². The first-order valence-electron chi connectivity index (χ1n) is 7.91. The van der Waals surface area contributed by atoms with Crippen molar-refractivity contribution < 1.29 is 19.4 Å². The molecule has 1 amide bonds. The van der Waals surface area contributed by atoms with Gasteiger partial charge in [0.15, 0.2) is 0 Å². The Bertz CT molecular complexity index is 821. The molecule has 2 aromatic carbocycles. The number of carboxylic acid groups (broad SMARTS) is 1. The number of nitrogens with one attached hydrogen (secondary N) is 1. The average Bonchev–Trinajstić information content (AvgIpc) is 3.36. The summed E-state index contributed by atoms with van der Waals surface area (Å²) < 4.78 is 5.05. The van der Waals surface area contributed by atoms with E-state index in [1.165, 1.54) is 19.2 Å². The van der Waals surface area contributed by atoms with Crippen molar-refractivity contribution in [3.05, 3.63) is 64.2 Å². The number of carboxylic acids is 1. The maximum absolute atomic E-state index is 12.5. The van der Waals surface area contributed by atoms with Gasteiger partial charge in [-0.15, -0.1) is 0 Å². The van der Waals surface area contributed by atoms with Crippen molar-refractivity contribution in [3.63, 3.8) is 0 Å². The minimum absolute atomic E-state index is 0.106. The lowest BCUT2D eigenvalue weighted by atomic mass is 10.1. The fourth-order valence-electron chi connectivity index (χ4n) is 2.98. The molecule has 0 aliphatic heterocycles. The molecule has 1 fully saturated rings. The van der Waals surface area contributed by atoms with E-state index in [1.807, 2.05) is 24.3 Å². The Balaban J connectivity index is 1.73. The van der Waals surface area contributed by atoms with Gasteiger partial charge in [-0.2, -0.15) is 0 Å². The predicted octanol–water partition coefficient (Wildman–Crippen LogP) is 3.93. The number of carbonyl (C=O) groups excluding carboxylic acids is 1. The van der Waals surface area contributed by atoms with Gasteiger partial charge in [0.05, 0.1) is 12.2 Å². The summed E-state index contributed by atoms with van der Waals surface area (Å²) in [5, 5.41) is 12.7. The second kappa shape index (κ2) is 7.25. The number of halogens is 1.